The van der Waals surface area contributed by atoms with E-state index in [4.69, 9.17) is 18.9 Å². The molecule has 0 saturated carbocycles. The van der Waals surface area contributed by atoms with Crippen molar-refractivity contribution in [2.24, 2.45) is 0 Å². The number of hydrogen-bond donors (Lipinski definition) is 1. The molecule has 29 heavy (non-hydrogen) atoms. The van der Waals surface area contributed by atoms with E-state index in [2.05, 4.69) is 23.6 Å². The summed E-state index contributed by atoms with van der Waals surface area (Å²) in [6.45, 7) is 5.12. The van der Waals surface area contributed by atoms with Crippen LogP contribution < -0.4 is 18.9 Å². The highest BCUT2D eigenvalue weighted by Crippen LogP contribution is 2.80. The van der Waals surface area contributed by atoms with E-state index in [1.165, 1.54) is 5.56 Å². The van der Waals surface area contributed by atoms with Gasteiger partial charge in [-0.3, -0.25) is 4.90 Å². The highest BCUT2D eigenvalue weighted by Gasteiger charge is 2.84. The van der Waals surface area contributed by atoms with Gasteiger partial charge >= 0.3 is 0 Å². The fraction of sp³-hybridized carbons (Fsp3) is 0.391. The fourth-order valence-corrected chi connectivity index (χ4v) is 6.25. The lowest BCUT2D eigenvalue weighted by molar-refractivity contribution is 0.101. The Hall–Kier alpha value is -2.70. The smallest absolute Gasteiger partial charge is 0.231 e. The minimum absolute atomic E-state index is 0.237. The number of nitrogens with zero attached hydrogens (tertiary/aromatic N) is 1. The largest absolute Gasteiger partial charge is 0.493 e. The third-order valence-electron chi connectivity index (χ3n) is 7.20. The van der Waals surface area contributed by atoms with E-state index in [0.717, 1.165) is 41.2 Å². The molecule has 6 nitrogen and oxygen atoms in total. The first-order valence-corrected chi connectivity index (χ1v) is 9.90. The SMILES string of the molecule is C=CC[C@@]12c3c(ccc(OC)c3OC)[C@@H](O)[C@@]13c1cc4c(cc1CCN23)OCO4. The van der Waals surface area contributed by atoms with Crippen molar-refractivity contribution >= 4 is 0 Å². The lowest BCUT2D eigenvalue weighted by Crippen LogP contribution is -2.30. The number of aliphatic hydroxyl groups excluding tert-OH is 1. The Bertz CT molecular complexity index is 1070. The van der Waals surface area contributed by atoms with E-state index in [1.54, 1.807) is 14.2 Å². The van der Waals surface area contributed by atoms with Gasteiger partial charge in [-0.25, -0.2) is 0 Å². The van der Waals surface area contributed by atoms with Crippen LogP contribution in [0.1, 0.15) is 34.8 Å². The Kier molecular flexibility index (Phi) is 3.24. The predicted molar refractivity (Wildman–Crippen MR) is 106 cm³/mol. The number of hydrogen-bond acceptors (Lipinski definition) is 6. The van der Waals surface area contributed by atoms with Gasteiger partial charge in [-0.05, 0) is 47.7 Å². The molecule has 1 aliphatic carbocycles. The van der Waals surface area contributed by atoms with Gasteiger partial charge in [0.05, 0.1) is 19.8 Å². The molecule has 0 amide bonds. The molecule has 1 unspecified atom stereocenters. The van der Waals surface area contributed by atoms with Crippen molar-refractivity contribution in [2.75, 3.05) is 27.6 Å². The molecule has 150 valence electrons. The van der Waals surface area contributed by atoms with E-state index >= 15 is 0 Å². The molecule has 4 atom stereocenters. The van der Waals surface area contributed by atoms with Crippen LogP contribution in [0.15, 0.2) is 36.9 Å². The number of benzene rings is 2. The molecule has 4 aliphatic rings. The van der Waals surface area contributed by atoms with Crippen molar-refractivity contribution in [3.8, 4) is 23.0 Å². The van der Waals surface area contributed by atoms with Gasteiger partial charge in [0, 0.05) is 12.1 Å². The average Bonchev–Trinajstić information content (AvgIpc) is 2.98. The molecular formula is C23H23NO5. The Morgan fingerprint density at radius 2 is 2.03 bits per heavy atom. The molecule has 0 aromatic heterocycles. The van der Waals surface area contributed by atoms with Gasteiger partial charge in [-0.15, -0.1) is 6.58 Å². The third-order valence-corrected chi connectivity index (χ3v) is 7.20. The topological polar surface area (TPSA) is 60.2 Å². The number of aliphatic hydroxyl groups is 1. The lowest BCUT2D eigenvalue weighted by Gasteiger charge is -2.30. The van der Waals surface area contributed by atoms with Crippen molar-refractivity contribution in [1.82, 2.24) is 4.90 Å². The molecule has 1 spiro atoms. The van der Waals surface area contributed by atoms with Gasteiger partial charge in [-0.2, -0.15) is 0 Å². The first-order chi connectivity index (χ1) is 14.1. The van der Waals surface area contributed by atoms with Crippen LogP contribution in [0.4, 0.5) is 0 Å². The molecule has 6 heteroatoms. The van der Waals surface area contributed by atoms with Crippen LogP contribution in [0.5, 0.6) is 23.0 Å². The summed E-state index contributed by atoms with van der Waals surface area (Å²) in [5.41, 5.74) is 3.25. The van der Waals surface area contributed by atoms with Crippen molar-refractivity contribution in [3.63, 3.8) is 0 Å². The van der Waals surface area contributed by atoms with Crippen molar-refractivity contribution in [2.45, 2.75) is 30.0 Å². The van der Waals surface area contributed by atoms with Crippen molar-refractivity contribution in [3.05, 3.63) is 59.2 Å². The quantitative estimate of drug-likeness (QED) is 0.637. The van der Waals surface area contributed by atoms with Crippen LogP contribution in [0.3, 0.4) is 0 Å². The summed E-state index contributed by atoms with van der Waals surface area (Å²) in [5.74, 6) is 2.90. The Labute approximate surface area is 169 Å². The standard InChI is InChI=1S/C23H23NO5/c1-4-8-22-19-14(5-6-16(26-2)20(19)27-3)21(25)23(22)15-11-18-17(28-12-29-18)10-13(15)7-9-24(22)23/h4-6,10-11,21,25H,1,7-9,12H2,2-3H3/t21-,22-,23+,24?/m1/s1. The number of methoxy groups -OCH3 is 2. The molecule has 1 saturated heterocycles. The number of ether oxygens (including phenoxy) is 4. The van der Waals surface area contributed by atoms with Crippen LogP contribution in [0.25, 0.3) is 0 Å². The predicted octanol–water partition coefficient (Wildman–Crippen LogP) is 3.02. The third kappa shape index (κ3) is 1.68. The van der Waals surface area contributed by atoms with Gasteiger partial charge < -0.3 is 24.1 Å². The van der Waals surface area contributed by atoms with E-state index in [9.17, 15) is 5.11 Å². The summed E-state index contributed by atoms with van der Waals surface area (Å²) in [6, 6.07) is 7.98. The van der Waals surface area contributed by atoms with Gasteiger partial charge in [-0.1, -0.05) is 12.1 Å². The lowest BCUT2D eigenvalue weighted by atomic mass is 9.80. The minimum Gasteiger partial charge on any atom is -0.493 e. The fourth-order valence-electron chi connectivity index (χ4n) is 6.25. The summed E-state index contributed by atoms with van der Waals surface area (Å²) in [4.78, 5) is 2.40. The Morgan fingerprint density at radius 1 is 1.24 bits per heavy atom. The van der Waals surface area contributed by atoms with Crippen LogP contribution in [0.2, 0.25) is 0 Å². The van der Waals surface area contributed by atoms with Crippen LogP contribution in [-0.2, 0) is 17.5 Å². The van der Waals surface area contributed by atoms with E-state index in [1.807, 2.05) is 18.2 Å². The number of fused-ring (bicyclic) bond motifs is 5. The van der Waals surface area contributed by atoms with Crippen molar-refractivity contribution < 1.29 is 24.1 Å². The first-order valence-electron chi connectivity index (χ1n) is 9.90. The minimum atomic E-state index is -0.684. The normalized spacial score (nSPS) is 32.0. The average molecular weight is 393 g/mol. The van der Waals surface area contributed by atoms with Gasteiger partial charge in [0.1, 0.15) is 11.6 Å². The van der Waals surface area contributed by atoms with E-state index < -0.39 is 17.2 Å². The number of rotatable bonds is 4. The Morgan fingerprint density at radius 3 is 2.76 bits per heavy atom. The molecule has 1 fully saturated rings. The maximum Gasteiger partial charge on any atom is 0.231 e. The highest BCUT2D eigenvalue weighted by atomic mass is 16.7. The molecule has 0 bridgehead atoms. The van der Waals surface area contributed by atoms with Gasteiger partial charge in [0.2, 0.25) is 6.79 Å². The maximum absolute atomic E-state index is 11.7. The van der Waals surface area contributed by atoms with Gasteiger partial charge in [0.25, 0.3) is 0 Å². The molecule has 3 aliphatic heterocycles. The van der Waals surface area contributed by atoms with Crippen molar-refractivity contribution in [1.29, 1.82) is 0 Å². The second kappa shape index (κ2) is 5.46. The summed E-state index contributed by atoms with van der Waals surface area (Å²) in [7, 11) is 3.30. The molecule has 1 N–H and O–H groups in total. The second-order valence-electron chi connectivity index (χ2n) is 8.05. The summed E-state index contributed by atoms with van der Waals surface area (Å²) in [5, 5.41) is 11.7. The zero-order chi connectivity index (χ0) is 20.0. The van der Waals surface area contributed by atoms with Crippen LogP contribution in [-0.4, -0.2) is 37.6 Å². The molecule has 2 aromatic rings. The Balaban J connectivity index is 1.65. The zero-order valence-corrected chi connectivity index (χ0v) is 16.5. The zero-order valence-electron chi connectivity index (χ0n) is 16.5. The van der Waals surface area contributed by atoms with Crippen LogP contribution >= 0.6 is 0 Å². The monoisotopic (exact) mass is 393 g/mol. The highest BCUT2D eigenvalue weighted by molar-refractivity contribution is 5.70. The summed E-state index contributed by atoms with van der Waals surface area (Å²) >= 11 is 0. The molecule has 3 heterocycles. The molecule has 2 aromatic carbocycles. The maximum atomic E-state index is 11.7. The molecule has 6 rings (SSSR count). The summed E-state index contributed by atoms with van der Waals surface area (Å²) in [6.07, 6.45) is 2.85. The van der Waals surface area contributed by atoms with E-state index in [0.29, 0.717) is 17.9 Å². The van der Waals surface area contributed by atoms with Gasteiger partial charge in [0.15, 0.2) is 23.0 Å². The van der Waals surface area contributed by atoms with Crippen LogP contribution in [0, 0.1) is 0 Å². The molecule has 0 radical (unpaired) electrons. The van der Waals surface area contributed by atoms with E-state index in [-0.39, 0.29) is 6.79 Å². The second-order valence-corrected chi connectivity index (χ2v) is 8.05. The first kappa shape index (κ1) is 17.2. The molecular weight excluding hydrogens is 370 g/mol. The summed E-state index contributed by atoms with van der Waals surface area (Å²) < 4.78 is 22.7.